The third kappa shape index (κ3) is 4.15. The van der Waals surface area contributed by atoms with Crippen LogP contribution in [0.15, 0.2) is 6.20 Å². The normalized spacial score (nSPS) is 22.5. The van der Waals surface area contributed by atoms with Crippen molar-refractivity contribution in [1.29, 1.82) is 0 Å². The Morgan fingerprint density at radius 3 is 2.67 bits per heavy atom. The number of ether oxygens (including phenoxy) is 1. The molecule has 2 rings (SSSR count). The lowest BCUT2D eigenvalue weighted by molar-refractivity contribution is -0.141. The van der Waals surface area contributed by atoms with Crippen molar-refractivity contribution in [3.05, 3.63) is 11.9 Å². The zero-order valence-corrected chi connectivity index (χ0v) is 12.1. The van der Waals surface area contributed by atoms with E-state index in [0.29, 0.717) is 12.5 Å². The van der Waals surface area contributed by atoms with Gasteiger partial charge in [-0.1, -0.05) is 0 Å². The minimum atomic E-state index is -2.63. The molecule has 0 spiro atoms. The maximum atomic E-state index is 12.7. The molecule has 21 heavy (non-hydrogen) atoms. The van der Waals surface area contributed by atoms with Crippen LogP contribution in [0.25, 0.3) is 0 Å². The molecule has 0 saturated heterocycles. The Morgan fingerprint density at radius 1 is 1.48 bits per heavy atom. The van der Waals surface area contributed by atoms with Crippen molar-refractivity contribution in [2.24, 2.45) is 5.92 Å². The first-order chi connectivity index (χ1) is 9.97. The van der Waals surface area contributed by atoms with Gasteiger partial charge in [-0.25, -0.2) is 8.78 Å². The number of aromatic nitrogens is 2. The second-order valence-corrected chi connectivity index (χ2v) is 5.55. The van der Waals surface area contributed by atoms with Crippen LogP contribution < -0.4 is 5.73 Å². The topological polar surface area (TPSA) is 70.1 Å². The Morgan fingerprint density at radius 2 is 2.14 bits per heavy atom. The van der Waals surface area contributed by atoms with Gasteiger partial charge in [0.25, 0.3) is 6.43 Å². The predicted octanol–water partition coefficient (Wildman–Crippen LogP) is 3.09. The summed E-state index contributed by atoms with van der Waals surface area (Å²) in [5, 5.41) is 3.92. The molecule has 0 aromatic carbocycles. The number of carbonyl (C=O) groups is 1. The van der Waals surface area contributed by atoms with Crippen LogP contribution in [0.4, 0.5) is 14.5 Å². The number of carbonyl (C=O) groups excluding carboxylic acids is 1. The summed E-state index contributed by atoms with van der Waals surface area (Å²) < 4.78 is 31.9. The van der Waals surface area contributed by atoms with Gasteiger partial charge < -0.3 is 10.5 Å². The summed E-state index contributed by atoms with van der Waals surface area (Å²) in [7, 11) is 0. The molecule has 0 atom stereocenters. The highest BCUT2D eigenvalue weighted by Crippen LogP contribution is 2.35. The molecule has 1 aromatic heterocycles. The fourth-order valence-electron chi connectivity index (χ4n) is 2.84. The van der Waals surface area contributed by atoms with Gasteiger partial charge in [-0.3, -0.25) is 9.48 Å². The number of hydrogen-bond acceptors (Lipinski definition) is 4. The number of alkyl halides is 2. The van der Waals surface area contributed by atoms with Crippen molar-refractivity contribution in [3.63, 3.8) is 0 Å². The van der Waals surface area contributed by atoms with E-state index in [0.717, 1.165) is 32.1 Å². The van der Waals surface area contributed by atoms with Crippen LogP contribution in [0, 0.1) is 5.92 Å². The van der Waals surface area contributed by atoms with Crippen molar-refractivity contribution in [2.75, 3.05) is 12.3 Å². The number of hydrogen-bond donors (Lipinski definition) is 1. The van der Waals surface area contributed by atoms with Gasteiger partial charge in [-0.15, -0.1) is 0 Å². The average Bonchev–Trinajstić information content (AvgIpc) is 2.81. The molecule has 1 heterocycles. The van der Waals surface area contributed by atoms with Crippen molar-refractivity contribution in [2.45, 2.75) is 51.5 Å². The highest BCUT2D eigenvalue weighted by atomic mass is 19.3. The van der Waals surface area contributed by atoms with Crippen molar-refractivity contribution in [3.8, 4) is 0 Å². The molecule has 5 nitrogen and oxygen atoms in total. The van der Waals surface area contributed by atoms with Crippen molar-refractivity contribution < 1.29 is 18.3 Å². The molecule has 0 unspecified atom stereocenters. The molecule has 0 aliphatic heterocycles. The fourth-order valence-corrected chi connectivity index (χ4v) is 2.84. The molecule has 118 valence electrons. The second-order valence-electron chi connectivity index (χ2n) is 5.55. The van der Waals surface area contributed by atoms with Crippen LogP contribution in [0.3, 0.4) is 0 Å². The first-order valence-electron chi connectivity index (χ1n) is 7.23. The van der Waals surface area contributed by atoms with Gasteiger partial charge in [0.1, 0.15) is 0 Å². The fraction of sp³-hybridized carbons (Fsp3) is 0.714. The first kappa shape index (κ1) is 15.7. The lowest BCUT2D eigenvalue weighted by Gasteiger charge is -2.28. The molecule has 7 heteroatoms. The molecule has 0 bridgehead atoms. The lowest BCUT2D eigenvalue weighted by Crippen LogP contribution is -2.20. The zero-order valence-electron chi connectivity index (χ0n) is 12.1. The van der Waals surface area contributed by atoms with E-state index >= 15 is 0 Å². The van der Waals surface area contributed by atoms with Crippen molar-refractivity contribution >= 4 is 11.7 Å². The summed E-state index contributed by atoms with van der Waals surface area (Å²) in [5.74, 6) is 0.262. The number of anilines is 1. The largest absolute Gasteiger partial charge is 0.466 e. The standard InChI is InChI=1S/C14H21F2N3O2/c1-9(20)21-7-6-10-2-4-11(5-3-10)19-8-12(17)13(18-19)14(15)16/h8,10-11,14H,2-7,17H2,1H3. The van der Waals surface area contributed by atoms with E-state index in [9.17, 15) is 13.6 Å². The number of halogens is 2. The second kappa shape index (κ2) is 6.87. The Balaban J connectivity index is 1.83. The van der Waals surface area contributed by atoms with E-state index in [1.54, 1.807) is 4.68 Å². The van der Waals surface area contributed by atoms with Gasteiger partial charge in [0.05, 0.1) is 18.3 Å². The molecule has 1 saturated carbocycles. The summed E-state index contributed by atoms with van der Waals surface area (Å²) in [5.41, 5.74) is 5.29. The van der Waals surface area contributed by atoms with Crippen LogP contribution in [0.5, 0.6) is 0 Å². The summed E-state index contributed by atoms with van der Waals surface area (Å²) in [4.78, 5) is 10.7. The molecule has 1 aliphatic rings. The monoisotopic (exact) mass is 301 g/mol. The summed E-state index contributed by atoms with van der Waals surface area (Å²) in [6.45, 7) is 1.86. The Labute approximate surface area is 122 Å². The molecule has 0 radical (unpaired) electrons. The van der Waals surface area contributed by atoms with Gasteiger partial charge in [0.2, 0.25) is 0 Å². The highest BCUT2D eigenvalue weighted by molar-refractivity contribution is 5.65. The molecule has 1 aliphatic carbocycles. The van der Waals surface area contributed by atoms with Gasteiger partial charge >= 0.3 is 5.97 Å². The average molecular weight is 301 g/mol. The van der Waals surface area contributed by atoms with E-state index in [1.165, 1.54) is 13.1 Å². The highest BCUT2D eigenvalue weighted by Gasteiger charge is 2.25. The van der Waals surface area contributed by atoms with Crippen LogP contribution in [-0.4, -0.2) is 22.4 Å². The molecule has 2 N–H and O–H groups in total. The lowest BCUT2D eigenvalue weighted by atomic mass is 9.84. The Hall–Kier alpha value is -1.66. The Kier molecular flexibility index (Phi) is 5.14. The number of esters is 1. The van der Waals surface area contributed by atoms with Crippen LogP contribution in [0.2, 0.25) is 0 Å². The predicted molar refractivity (Wildman–Crippen MR) is 73.8 cm³/mol. The number of rotatable bonds is 5. The minimum absolute atomic E-state index is 0.0574. The molecule has 0 amide bonds. The summed E-state index contributed by atoms with van der Waals surface area (Å²) in [6.07, 6.45) is 3.46. The SMILES string of the molecule is CC(=O)OCCC1CCC(n2cc(N)c(C(F)F)n2)CC1. The number of nitrogens with two attached hydrogens (primary N) is 1. The van der Waals surface area contributed by atoms with Crippen molar-refractivity contribution in [1.82, 2.24) is 9.78 Å². The number of nitrogens with zero attached hydrogens (tertiary/aromatic N) is 2. The van der Waals surface area contributed by atoms with E-state index in [-0.39, 0.29) is 23.4 Å². The van der Waals surface area contributed by atoms with E-state index in [4.69, 9.17) is 10.5 Å². The third-order valence-electron chi connectivity index (χ3n) is 4.02. The molecule has 1 aromatic rings. The number of nitrogen functional groups attached to an aromatic ring is 1. The van der Waals surface area contributed by atoms with Gasteiger partial charge in [-0.05, 0) is 38.0 Å². The van der Waals surface area contributed by atoms with Gasteiger partial charge in [0, 0.05) is 13.1 Å². The summed E-state index contributed by atoms with van der Waals surface area (Å²) >= 11 is 0. The zero-order chi connectivity index (χ0) is 15.4. The van der Waals surface area contributed by atoms with E-state index in [1.807, 2.05) is 0 Å². The van der Waals surface area contributed by atoms with Gasteiger partial charge in [0.15, 0.2) is 5.69 Å². The summed E-state index contributed by atoms with van der Waals surface area (Å²) in [6, 6.07) is 0.129. The third-order valence-corrected chi connectivity index (χ3v) is 4.02. The van der Waals surface area contributed by atoms with E-state index < -0.39 is 6.43 Å². The molecule has 1 fully saturated rings. The minimum Gasteiger partial charge on any atom is -0.466 e. The maximum Gasteiger partial charge on any atom is 0.302 e. The smallest absolute Gasteiger partial charge is 0.302 e. The first-order valence-corrected chi connectivity index (χ1v) is 7.23. The van der Waals surface area contributed by atoms with Crippen LogP contribution in [-0.2, 0) is 9.53 Å². The molecular weight excluding hydrogens is 280 g/mol. The van der Waals surface area contributed by atoms with Crippen LogP contribution in [0.1, 0.15) is 57.2 Å². The van der Waals surface area contributed by atoms with Gasteiger partial charge in [-0.2, -0.15) is 5.10 Å². The molecular formula is C14H21F2N3O2. The quantitative estimate of drug-likeness (QED) is 0.848. The van der Waals surface area contributed by atoms with Crippen LogP contribution >= 0.6 is 0 Å². The van der Waals surface area contributed by atoms with E-state index in [2.05, 4.69) is 5.10 Å². The maximum absolute atomic E-state index is 12.7. The Bertz CT molecular complexity index is 483.